The van der Waals surface area contributed by atoms with Crippen LogP contribution in [-0.4, -0.2) is 18.0 Å². The van der Waals surface area contributed by atoms with Gasteiger partial charge in [0.1, 0.15) is 5.75 Å². The fraction of sp³-hybridized carbons (Fsp3) is 0.182. The third kappa shape index (κ3) is 3.91. The van der Waals surface area contributed by atoms with E-state index in [1.807, 2.05) is 12.1 Å². The molecular formula is C22H22N2O2. The molecule has 1 N–H and O–H groups in total. The SMILES string of the molecule is COc1ccc(C(=O)N[C@@H](c2cccnc2)c2cc(C)ccc2C)cc1. The van der Waals surface area contributed by atoms with Crippen LogP contribution in [0.4, 0.5) is 0 Å². The minimum Gasteiger partial charge on any atom is -0.497 e. The Balaban J connectivity index is 1.95. The lowest BCUT2D eigenvalue weighted by molar-refractivity contribution is 0.0943. The second-order valence-corrected chi connectivity index (χ2v) is 6.28. The highest BCUT2D eigenvalue weighted by Crippen LogP contribution is 2.26. The van der Waals surface area contributed by atoms with Crippen LogP contribution >= 0.6 is 0 Å². The molecule has 0 aliphatic carbocycles. The van der Waals surface area contributed by atoms with Gasteiger partial charge in [-0.3, -0.25) is 9.78 Å². The molecule has 0 unspecified atom stereocenters. The van der Waals surface area contributed by atoms with Gasteiger partial charge in [0.25, 0.3) is 5.91 Å². The summed E-state index contributed by atoms with van der Waals surface area (Å²) < 4.78 is 5.16. The van der Waals surface area contributed by atoms with Gasteiger partial charge in [-0.05, 0) is 60.9 Å². The van der Waals surface area contributed by atoms with E-state index in [1.54, 1.807) is 43.8 Å². The van der Waals surface area contributed by atoms with Gasteiger partial charge in [0.15, 0.2) is 0 Å². The average molecular weight is 346 g/mol. The molecule has 1 atom stereocenters. The lowest BCUT2D eigenvalue weighted by atomic mass is 9.94. The summed E-state index contributed by atoms with van der Waals surface area (Å²) in [6.45, 7) is 4.10. The van der Waals surface area contributed by atoms with E-state index < -0.39 is 0 Å². The van der Waals surface area contributed by atoms with Crippen LogP contribution in [-0.2, 0) is 0 Å². The third-order valence-electron chi connectivity index (χ3n) is 4.39. The van der Waals surface area contributed by atoms with Gasteiger partial charge in [-0.1, -0.05) is 29.8 Å². The number of carbonyl (C=O) groups excluding carboxylic acids is 1. The van der Waals surface area contributed by atoms with Crippen LogP contribution in [0.2, 0.25) is 0 Å². The number of methoxy groups -OCH3 is 1. The summed E-state index contributed by atoms with van der Waals surface area (Å²) in [7, 11) is 1.61. The van der Waals surface area contributed by atoms with Gasteiger partial charge in [-0.2, -0.15) is 0 Å². The minimum atomic E-state index is -0.266. The van der Waals surface area contributed by atoms with Gasteiger partial charge in [0.05, 0.1) is 13.2 Å². The van der Waals surface area contributed by atoms with Gasteiger partial charge in [-0.25, -0.2) is 0 Å². The summed E-state index contributed by atoms with van der Waals surface area (Å²) >= 11 is 0. The van der Waals surface area contributed by atoms with Gasteiger partial charge in [0.2, 0.25) is 0 Å². The lowest BCUT2D eigenvalue weighted by Gasteiger charge is -2.22. The zero-order valence-corrected chi connectivity index (χ0v) is 15.2. The fourth-order valence-corrected chi connectivity index (χ4v) is 2.92. The van der Waals surface area contributed by atoms with Gasteiger partial charge in [-0.15, -0.1) is 0 Å². The molecule has 1 heterocycles. The minimum absolute atomic E-state index is 0.137. The molecule has 0 aliphatic rings. The molecule has 0 spiro atoms. The number of hydrogen-bond acceptors (Lipinski definition) is 3. The maximum atomic E-state index is 12.8. The van der Waals surface area contributed by atoms with E-state index >= 15 is 0 Å². The van der Waals surface area contributed by atoms with E-state index in [0.717, 1.165) is 28.0 Å². The first-order chi connectivity index (χ1) is 12.6. The van der Waals surface area contributed by atoms with Crippen LogP contribution in [0.25, 0.3) is 0 Å². The number of nitrogens with one attached hydrogen (secondary N) is 1. The second-order valence-electron chi connectivity index (χ2n) is 6.28. The molecule has 3 aromatic rings. The summed E-state index contributed by atoms with van der Waals surface area (Å²) in [6, 6.07) is 16.9. The predicted octanol–water partition coefficient (Wildman–Crippen LogP) is 4.23. The summed E-state index contributed by atoms with van der Waals surface area (Å²) in [5.74, 6) is 0.585. The normalized spacial score (nSPS) is 11.7. The number of rotatable bonds is 5. The first-order valence-electron chi connectivity index (χ1n) is 8.50. The second kappa shape index (κ2) is 7.83. The Bertz CT molecular complexity index is 890. The van der Waals surface area contributed by atoms with Crippen molar-refractivity contribution < 1.29 is 9.53 Å². The predicted molar refractivity (Wildman–Crippen MR) is 102 cm³/mol. The monoisotopic (exact) mass is 346 g/mol. The van der Waals surface area contributed by atoms with Crippen molar-refractivity contribution in [3.63, 3.8) is 0 Å². The molecule has 4 nitrogen and oxygen atoms in total. The number of carbonyl (C=O) groups is 1. The molecule has 1 amide bonds. The highest BCUT2D eigenvalue weighted by atomic mass is 16.5. The molecule has 0 fully saturated rings. The van der Waals surface area contributed by atoms with E-state index in [0.29, 0.717) is 5.56 Å². The number of aromatic nitrogens is 1. The molecule has 0 saturated carbocycles. The maximum Gasteiger partial charge on any atom is 0.252 e. The highest BCUT2D eigenvalue weighted by molar-refractivity contribution is 5.94. The Morgan fingerprint density at radius 2 is 1.85 bits per heavy atom. The lowest BCUT2D eigenvalue weighted by Crippen LogP contribution is -2.30. The van der Waals surface area contributed by atoms with Crippen LogP contribution < -0.4 is 10.1 Å². The summed E-state index contributed by atoms with van der Waals surface area (Å²) in [5, 5.41) is 3.15. The number of pyridine rings is 1. The molecule has 0 saturated heterocycles. The zero-order chi connectivity index (χ0) is 18.5. The summed E-state index contributed by atoms with van der Waals surface area (Å²) in [5.41, 5.74) is 4.88. The molecule has 1 aromatic heterocycles. The van der Waals surface area contributed by atoms with E-state index in [1.165, 1.54) is 0 Å². The van der Waals surface area contributed by atoms with Gasteiger partial charge >= 0.3 is 0 Å². The molecule has 132 valence electrons. The molecule has 2 aromatic carbocycles. The smallest absolute Gasteiger partial charge is 0.252 e. The van der Waals surface area contributed by atoms with E-state index in [-0.39, 0.29) is 11.9 Å². The standard InChI is InChI=1S/C22H22N2O2/c1-15-6-7-16(2)20(13-15)21(18-5-4-12-23-14-18)24-22(25)17-8-10-19(26-3)11-9-17/h4-14,21H,1-3H3,(H,24,25)/t21-/m0/s1. The largest absolute Gasteiger partial charge is 0.497 e. The number of aryl methyl sites for hydroxylation is 2. The number of benzene rings is 2. The Kier molecular flexibility index (Phi) is 5.32. The first-order valence-corrected chi connectivity index (χ1v) is 8.50. The van der Waals surface area contributed by atoms with Crippen LogP contribution in [0.1, 0.15) is 38.7 Å². The van der Waals surface area contributed by atoms with Gasteiger partial charge < -0.3 is 10.1 Å². The summed E-state index contributed by atoms with van der Waals surface area (Å²) in [6.07, 6.45) is 3.52. The third-order valence-corrected chi connectivity index (χ3v) is 4.39. The van der Waals surface area contributed by atoms with Crippen molar-refractivity contribution in [2.24, 2.45) is 0 Å². The van der Waals surface area contributed by atoms with Crippen molar-refractivity contribution in [1.82, 2.24) is 10.3 Å². The Morgan fingerprint density at radius 1 is 1.08 bits per heavy atom. The van der Waals surface area contributed by atoms with E-state index in [9.17, 15) is 4.79 Å². The molecule has 4 heteroatoms. The Labute approximate surface area is 153 Å². The van der Waals surface area contributed by atoms with Crippen molar-refractivity contribution in [2.45, 2.75) is 19.9 Å². The topological polar surface area (TPSA) is 51.2 Å². The number of ether oxygens (including phenoxy) is 1. The number of hydrogen-bond donors (Lipinski definition) is 1. The molecule has 0 aliphatic heterocycles. The average Bonchev–Trinajstić information content (AvgIpc) is 2.68. The van der Waals surface area contributed by atoms with E-state index in [4.69, 9.17) is 4.74 Å². The van der Waals surface area contributed by atoms with E-state index in [2.05, 4.69) is 42.3 Å². The van der Waals surface area contributed by atoms with Crippen molar-refractivity contribution >= 4 is 5.91 Å². The maximum absolute atomic E-state index is 12.8. The van der Waals surface area contributed by atoms with Crippen LogP contribution in [0.3, 0.4) is 0 Å². The number of nitrogens with zero attached hydrogens (tertiary/aromatic N) is 1. The Hall–Kier alpha value is -3.14. The van der Waals surface area contributed by atoms with Crippen LogP contribution in [0, 0.1) is 13.8 Å². The van der Waals surface area contributed by atoms with Crippen molar-refractivity contribution in [3.8, 4) is 5.75 Å². The summed E-state index contributed by atoms with van der Waals surface area (Å²) in [4.78, 5) is 17.0. The van der Waals surface area contributed by atoms with Crippen molar-refractivity contribution in [3.05, 3.63) is 94.8 Å². The van der Waals surface area contributed by atoms with Crippen molar-refractivity contribution in [1.29, 1.82) is 0 Å². The van der Waals surface area contributed by atoms with Crippen LogP contribution in [0.5, 0.6) is 5.75 Å². The number of amides is 1. The van der Waals surface area contributed by atoms with Gasteiger partial charge in [0, 0.05) is 18.0 Å². The molecule has 0 bridgehead atoms. The zero-order valence-electron chi connectivity index (χ0n) is 15.2. The molecule has 0 radical (unpaired) electrons. The molecular weight excluding hydrogens is 324 g/mol. The van der Waals surface area contributed by atoms with Crippen LogP contribution in [0.15, 0.2) is 67.0 Å². The Morgan fingerprint density at radius 3 is 2.50 bits per heavy atom. The molecule has 26 heavy (non-hydrogen) atoms. The first kappa shape index (κ1) is 17.7. The van der Waals surface area contributed by atoms with Crippen molar-refractivity contribution in [2.75, 3.05) is 7.11 Å². The molecule has 3 rings (SSSR count). The highest BCUT2D eigenvalue weighted by Gasteiger charge is 2.20. The quantitative estimate of drug-likeness (QED) is 0.752. The fourth-order valence-electron chi connectivity index (χ4n) is 2.92.